The zero-order valence-electron chi connectivity index (χ0n) is 10.0. The molecule has 0 aliphatic heterocycles. The predicted molar refractivity (Wildman–Crippen MR) is 66.1 cm³/mol. The molecule has 2 aliphatic rings. The van der Waals surface area contributed by atoms with Gasteiger partial charge in [-0.15, -0.1) is 0 Å². The molecule has 0 aromatic carbocycles. The third kappa shape index (κ3) is 1.60. The van der Waals surface area contributed by atoms with Crippen molar-refractivity contribution in [2.45, 2.75) is 31.8 Å². The molecule has 1 heterocycles. The zero-order valence-corrected chi connectivity index (χ0v) is 10.0. The van der Waals surface area contributed by atoms with Crippen LogP contribution in [0.2, 0.25) is 0 Å². The van der Waals surface area contributed by atoms with Crippen LogP contribution >= 0.6 is 0 Å². The number of aliphatic hydroxyl groups excluding tert-OH is 1. The van der Waals surface area contributed by atoms with Gasteiger partial charge >= 0.3 is 0 Å². The molecule has 2 aliphatic carbocycles. The molecule has 0 radical (unpaired) electrons. The maximum Gasteiger partial charge on any atom is 0.103 e. The second-order valence-electron chi connectivity index (χ2n) is 5.67. The highest BCUT2D eigenvalue weighted by molar-refractivity contribution is 5.15. The first-order valence-electron chi connectivity index (χ1n) is 6.55. The molecule has 17 heavy (non-hydrogen) atoms. The van der Waals surface area contributed by atoms with Gasteiger partial charge < -0.3 is 10.8 Å². The Morgan fingerprint density at radius 2 is 2.35 bits per heavy atom. The molecule has 1 aromatic heterocycles. The van der Waals surface area contributed by atoms with E-state index in [2.05, 4.69) is 4.98 Å². The smallest absolute Gasteiger partial charge is 0.103 e. The minimum atomic E-state index is -0.496. The number of aliphatic hydroxyl groups is 1. The molecular formula is C14H20N2O. The van der Waals surface area contributed by atoms with Crippen LogP contribution in [0.3, 0.4) is 0 Å². The second-order valence-corrected chi connectivity index (χ2v) is 5.67. The summed E-state index contributed by atoms with van der Waals surface area (Å²) in [6.07, 6.45) is 6.12. The van der Waals surface area contributed by atoms with E-state index in [1.165, 1.54) is 19.3 Å². The quantitative estimate of drug-likeness (QED) is 0.836. The Hall–Kier alpha value is -0.930. The summed E-state index contributed by atoms with van der Waals surface area (Å²) < 4.78 is 0. The number of hydrogen-bond donors (Lipinski definition) is 2. The highest BCUT2D eigenvalue weighted by Crippen LogP contribution is 2.60. The van der Waals surface area contributed by atoms with Crippen LogP contribution in [0.15, 0.2) is 24.4 Å². The number of nitrogens with zero attached hydrogens (tertiary/aromatic N) is 1. The van der Waals surface area contributed by atoms with Crippen LogP contribution in [-0.2, 0) is 0 Å². The van der Waals surface area contributed by atoms with Gasteiger partial charge in [0.15, 0.2) is 0 Å². The fraction of sp³-hybridized carbons (Fsp3) is 0.643. The van der Waals surface area contributed by atoms with Crippen LogP contribution < -0.4 is 5.73 Å². The van der Waals surface area contributed by atoms with E-state index >= 15 is 0 Å². The third-order valence-corrected chi connectivity index (χ3v) is 4.92. The van der Waals surface area contributed by atoms with Crippen LogP contribution in [0.5, 0.6) is 0 Å². The van der Waals surface area contributed by atoms with Crippen molar-refractivity contribution in [2.24, 2.45) is 23.0 Å². The molecule has 2 fully saturated rings. The van der Waals surface area contributed by atoms with Crippen LogP contribution in [-0.4, -0.2) is 16.6 Å². The SMILES string of the molecule is NCC1(C(O)c2ccccn2)CC2CCC1C2. The Morgan fingerprint density at radius 3 is 2.88 bits per heavy atom. The summed E-state index contributed by atoms with van der Waals surface area (Å²) in [5.74, 6) is 1.37. The summed E-state index contributed by atoms with van der Waals surface area (Å²) in [6.45, 7) is 0.575. The minimum Gasteiger partial charge on any atom is -0.386 e. The Balaban J connectivity index is 1.91. The molecule has 92 valence electrons. The van der Waals surface area contributed by atoms with Gasteiger partial charge in [0, 0.05) is 18.2 Å². The van der Waals surface area contributed by atoms with Gasteiger partial charge in [0.25, 0.3) is 0 Å². The molecule has 4 atom stereocenters. The molecule has 3 nitrogen and oxygen atoms in total. The number of nitrogens with two attached hydrogens (primary N) is 1. The van der Waals surface area contributed by atoms with E-state index in [9.17, 15) is 5.11 Å². The Kier molecular flexibility index (Phi) is 2.68. The van der Waals surface area contributed by atoms with Crippen molar-refractivity contribution >= 4 is 0 Å². The number of fused-ring (bicyclic) bond motifs is 2. The van der Waals surface area contributed by atoms with Gasteiger partial charge in [-0.1, -0.05) is 12.5 Å². The first-order chi connectivity index (χ1) is 8.26. The van der Waals surface area contributed by atoms with Gasteiger partial charge in [0.1, 0.15) is 6.10 Å². The first-order valence-corrected chi connectivity index (χ1v) is 6.55. The van der Waals surface area contributed by atoms with E-state index in [0.29, 0.717) is 12.5 Å². The van der Waals surface area contributed by atoms with Gasteiger partial charge in [-0.05, 0) is 43.2 Å². The standard InChI is InChI=1S/C14H20N2O/c15-9-14(8-10-4-5-11(14)7-10)13(17)12-3-1-2-6-16-12/h1-3,6,10-11,13,17H,4-5,7-9,15H2. The molecule has 3 N–H and O–H groups in total. The van der Waals surface area contributed by atoms with Crippen molar-refractivity contribution in [1.82, 2.24) is 4.98 Å². The lowest BCUT2D eigenvalue weighted by Gasteiger charge is -2.40. The largest absolute Gasteiger partial charge is 0.386 e. The predicted octanol–water partition coefficient (Wildman–Crippen LogP) is 1.88. The number of rotatable bonds is 3. The lowest BCUT2D eigenvalue weighted by molar-refractivity contribution is -0.0157. The molecule has 3 rings (SSSR count). The molecular weight excluding hydrogens is 212 g/mol. The van der Waals surface area contributed by atoms with E-state index < -0.39 is 6.10 Å². The monoisotopic (exact) mass is 232 g/mol. The van der Waals surface area contributed by atoms with Crippen molar-refractivity contribution in [3.05, 3.63) is 30.1 Å². The fourth-order valence-corrected chi connectivity index (χ4v) is 4.02. The Labute approximate surface area is 102 Å². The van der Waals surface area contributed by atoms with Gasteiger partial charge in [0.05, 0.1) is 5.69 Å². The van der Waals surface area contributed by atoms with Crippen molar-refractivity contribution in [3.63, 3.8) is 0 Å². The summed E-state index contributed by atoms with van der Waals surface area (Å²) in [7, 11) is 0. The Bertz CT molecular complexity index is 394. The van der Waals surface area contributed by atoms with Crippen LogP contribution in [0, 0.1) is 17.3 Å². The van der Waals surface area contributed by atoms with Gasteiger partial charge in [-0.25, -0.2) is 0 Å². The van der Waals surface area contributed by atoms with Crippen molar-refractivity contribution in [2.75, 3.05) is 6.54 Å². The Morgan fingerprint density at radius 1 is 1.47 bits per heavy atom. The van der Waals surface area contributed by atoms with E-state index in [0.717, 1.165) is 18.0 Å². The van der Waals surface area contributed by atoms with Crippen molar-refractivity contribution in [3.8, 4) is 0 Å². The maximum absolute atomic E-state index is 10.7. The second kappa shape index (κ2) is 4.07. The number of hydrogen-bond acceptors (Lipinski definition) is 3. The van der Waals surface area contributed by atoms with E-state index in [-0.39, 0.29) is 5.41 Å². The molecule has 3 heteroatoms. The lowest BCUT2D eigenvalue weighted by Crippen LogP contribution is -2.41. The van der Waals surface area contributed by atoms with Gasteiger partial charge in [-0.2, -0.15) is 0 Å². The van der Waals surface area contributed by atoms with Crippen molar-refractivity contribution in [1.29, 1.82) is 0 Å². The summed E-state index contributed by atoms with van der Waals surface area (Å²) in [6, 6.07) is 5.73. The molecule has 2 saturated carbocycles. The maximum atomic E-state index is 10.7. The first kappa shape index (κ1) is 11.2. The zero-order chi connectivity index (χ0) is 11.9. The molecule has 1 aromatic rings. The summed E-state index contributed by atoms with van der Waals surface area (Å²) >= 11 is 0. The normalized spacial score (nSPS) is 37.3. The number of pyridine rings is 1. The van der Waals surface area contributed by atoms with E-state index in [1.807, 2.05) is 18.2 Å². The molecule has 4 unspecified atom stereocenters. The van der Waals surface area contributed by atoms with Crippen LogP contribution in [0.1, 0.15) is 37.5 Å². The topological polar surface area (TPSA) is 59.1 Å². The highest BCUT2D eigenvalue weighted by atomic mass is 16.3. The summed E-state index contributed by atoms with van der Waals surface area (Å²) in [5, 5.41) is 10.7. The molecule has 0 amide bonds. The fourth-order valence-electron chi connectivity index (χ4n) is 4.02. The highest BCUT2D eigenvalue weighted by Gasteiger charge is 2.54. The van der Waals surface area contributed by atoms with E-state index in [1.54, 1.807) is 6.20 Å². The lowest BCUT2D eigenvalue weighted by atomic mass is 9.68. The van der Waals surface area contributed by atoms with Crippen LogP contribution in [0.4, 0.5) is 0 Å². The molecule has 2 bridgehead atoms. The molecule has 0 spiro atoms. The minimum absolute atomic E-state index is 0.114. The van der Waals surface area contributed by atoms with E-state index in [4.69, 9.17) is 5.73 Å². The summed E-state index contributed by atoms with van der Waals surface area (Å²) in [4.78, 5) is 4.29. The number of aromatic nitrogens is 1. The van der Waals surface area contributed by atoms with Crippen molar-refractivity contribution < 1.29 is 5.11 Å². The van der Waals surface area contributed by atoms with Gasteiger partial charge in [-0.3, -0.25) is 4.98 Å². The molecule has 0 saturated heterocycles. The van der Waals surface area contributed by atoms with Gasteiger partial charge in [0.2, 0.25) is 0 Å². The summed E-state index contributed by atoms with van der Waals surface area (Å²) in [5.41, 5.74) is 6.67. The van der Waals surface area contributed by atoms with Crippen LogP contribution in [0.25, 0.3) is 0 Å². The average Bonchev–Trinajstić information content (AvgIpc) is 2.99. The third-order valence-electron chi connectivity index (χ3n) is 4.92. The average molecular weight is 232 g/mol.